The van der Waals surface area contributed by atoms with E-state index in [1.807, 2.05) is 18.2 Å². The van der Waals surface area contributed by atoms with Crippen molar-refractivity contribution in [1.82, 2.24) is 4.98 Å². The summed E-state index contributed by atoms with van der Waals surface area (Å²) in [5.41, 5.74) is 0.796. The van der Waals surface area contributed by atoms with Gasteiger partial charge in [-0.25, -0.2) is 0 Å². The van der Waals surface area contributed by atoms with E-state index in [0.29, 0.717) is 6.42 Å². The third-order valence-corrected chi connectivity index (χ3v) is 1.33. The Bertz CT molecular complexity index is 222. The molecule has 0 bridgehead atoms. The van der Waals surface area contributed by atoms with E-state index >= 15 is 0 Å². The SMILES string of the molecule is O=C(Br)Cc1ccccn1. The average molecular weight is 200 g/mol. The number of pyridine rings is 1. The van der Waals surface area contributed by atoms with Crippen LogP contribution in [0.25, 0.3) is 0 Å². The second-order valence-electron chi connectivity index (χ2n) is 1.85. The molecule has 0 aromatic carbocycles. The third-order valence-electron chi connectivity index (χ3n) is 1.05. The van der Waals surface area contributed by atoms with Gasteiger partial charge in [0.1, 0.15) is 0 Å². The highest BCUT2D eigenvalue weighted by Gasteiger charge is 1.97. The zero-order valence-electron chi connectivity index (χ0n) is 5.25. The van der Waals surface area contributed by atoms with Gasteiger partial charge >= 0.3 is 0 Å². The summed E-state index contributed by atoms with van der Waals surface area (Å²) in [6.07, 6.45) is 2.03. The lowest BCUT2D eigenvalue weighted by atomic mass is 10.3. The normalized spacial score (nSPS) is 9.30. The minimum absolute atomic E-state index is 0.0359. The molecule has 0 saturated carbocycles. The second-order valence-corrected chi connectivity index (χ2v) is 2.74. The summed E-state index contributed by atoms with van der Waals surface area (Å²) >= 11 is 2.83. The van der Waals surface area contributed by atoms with Gasteiger partial charge in [0.2, 0.25) is 4.69 Å². The number of aromatic nitrogens is 1. The standard InChI is InChI=1S/C7H6BrNO/c8-7(10)5-6-3-1-2-4-9-6/h1-4H,5H2. The van der Waals surface area contributed by atoms with Gasteiger partial charge in [0.05, 0.1) is 6.42 Å². The molecule has 0 aliphatic carbocycles. The van der Waals surface area contributed by atoms with Crippen LogP contribution in [0, 0.1) is 0 Å². The minimum atomic E-state index is -0.0359. The summed E-state index contributed by atoms with van der Waals surface area (Å²) < 4.78 is -0.0359. The molecule has 52 valence electrons. The van der Waals surface area contributed by atoms with Crippen molar-refractivity contribution in [3.05, 3.63) is 30.1 Å². The maximum atomic E-state index is 10.5. The largest absolute Gasteiger partial charge is 0.286 e. The number of carbonyl (C=O) groups is 1. The van der Waals surface area contributed by atoms with Crippen molar-refractivity contribution < 1.29 is 4.79 Å². The van der Waals surface area contributed by atoms with Crippen molar-refractivity contribution in [3.8, 4) is 0 Å². The van der Waals surface area contributed by atoms with Gasteiger partial charge in [-0.15, -0.1) is 0 Å². The van der Waals surface area contributed by atoms with Gasteiger partial charge in [-0.3, -0.25) is 9.78 Å². The van der Waals surface area contributed by atoms with Gasteiger partial charge in [-0.1, -0.05) is 6.07 Å². The second kappa shape index (κ2) is 3.46. The first-order valence-corrected chi connectivity index (χ1v) is 3.66. The Morgan fingerprint density at radius 3 is 2.90 bits per heavy atom. The van der Waals surface area contributed by atoms with E-state index in [9.17, 15) is 4.79 Å². The molecule has 1 aromatic rings. The van der Waals surface area contributed by atoms with Crippen LogP contribution in [0.5, 0.6) is 0 Å². The summed E-state index contributed by atoms with van der Waals surface area (Å²) in [4.78, 5) is 14.5. The van der Waals surface area contributed by atoms with Gasteiger partial charge in [0.25, 0.3) is 0 Å². The predicted molar refractivity (Wildman–Crippen MR) is 41.9 cm³/mol. The molecule has 0 atom stereocenters. The number of halogens is 1. The molecule has 0 unspecified atom stereocenters. The molecule has 1 aromatic heterocycles. The number of carbonyl (C=O) groups excluding carboxylic acids is 1. The Balaban J connectivity index is 2.67. The Morgan fingerprint density at radius 2 is 2.40 bits per heavy atom. The van der Waals surface area contributed by atoms with Crippen LogP contribution in [0.3, 0.4) is 0 Å². The van der Waals surface area contributed by atoms with Crippen LogP contribution in [-0.2, 0) is 11.2 Å². The summed E-state index contributed by atoms with van der Waals surface area (Å²) in [7, 11) is 0. The average Bonchev–Trinajstić information content (AvgIpc) is 1.88. The van der Waals surface area contributed by atoms with E-state index in [1.54, 1.807) is 6.20 Å². The zero-order valence-corrected chi connectivity index (χ0v) is 6.84. The molecular weight excluding hydrogens is 194 g/mol. The first-order valence-electron chi connectivity index (χ1n) is 2.87. The lowest BCUT2D eigenvalue weighted by Crippen LogP contribution is -1.94. The van der Waals surface area contributed by atoms with E-state index in [2.05, 4.69) is 20.9 Å². The highest BCUT2D eigenvalue weighted by Crippen LogP contribution is 1.98. The van der Waals surface area contributed by atoms with E-state index in [4.69, 9.17) is 0 Å². The van der Waals surface area contributed by atoms with Crippen molar-refractivity contribution in [2.24, 2.45) is 0 Å². The van der Waals surface area contributed by atoms with Gasteiger partial charge < -0.3 is 0 Å². The topological polar surface area (TPSA) is 30.0 Å². The smallest absolute Gasteiger partial charge is 0.203 e. The monoisotopic (exact) mass is 199 g/mol. The third kappa shape index (κ3) is 2.27. The molecular formula is C7H6BrNO. The first-order chi connectivity index (χ1) is 4.79. The van der Waals surface area contributed by atoms with Gasteiger partial charge in [0, 0.05) is 11.9 Å². The van der Waals surface area contributed by atoms with Crippen molar-refractivity contribution in [3.63, 3.8) is 0 Å². The van der Waals surface area contributed by atoms with Crippen LogP contribution in [0.4, 0.5) is 0 Å². The van der Waals surface area contributed by atoms with Crippen LogP contribution in [0.2, 0.25) is 0 Å². The molecule has 0 N–H and O–H groups in total. The number of hydrogen-bond donors (Lipinski definition) is 0. The Morgan fingerprint density at radius 1 is 1.60 bits per heavy atom. The van der Waals surface area contributed by atoms with Crippen molar-refractivity contribution in [2.75, 3.05) is 0 Å². The fourth-order valence-electron chi connectivity index (χ4n) is 0.645. The zero-order chi connectivity index (χ0) is 7.40. The fraction of sp³-hybridized carbons (Fsp3) is 0.143. The molecule has 0 aliphatic heterocycles. The van der Waals surface area contributed by atoms with Gasteiger partial charge in [-0.05, 0) is 28.1 Å². The Hall–Kier alpha value is -0.700. The fourth-order valence-corrected chi connectivity index (χ4v) is 0.932. The number of nitrogens with zero attached hydrogens (tertiary/aromatic N) is 1. The Labute approximate surface area is 67.4 Å². The van der Waals surface area contributed by atoms with Crippen molar-refractivity contribution >= 4 is 20.6 Å². The maximum absolute atomic E-state index is 10.5. The molecule has 0 saturated heterocycles. The molecule has 0 fully saturated rings. The van der Waals surface area contributed by atoms with Crippen LogP contribution >= 0.6 is 15.9 Å². The molecule has 0 amide bonds. The van der Waals surface area contributed by atoms with Gasteiger partial charge in [0.15, 0.2) is 0 Å². The van der Waals surface area contributed by atoms with E-state index in [1.165, 1.54) is 0 Å². The molecule has 1 heterocycles. The molecule has 1 rings (SSSR count). The highest BCUT2D eigenvalue weighted by atomic mass is 79.9. The maximum Gasteiger partial charge on any atom is 0.203 e. The lowest BCUT2D eigenvalue weighted by molar-refractivity contribution is -0.109. The summed E-state index contributed by atoms with van der Waals surface area (Å²) in [5.74, 6) is 0. The molecule has 10 heavy (non-hydrogen) atoms. The highest BCUT2D eigenvalue weighted by molar-refractivity contribution is 9.18. The number of rotatable bonds is 2. The summed E-state index contributed by atoms with van der Waals surface area (Å²) in [6.45, 7) is 0. The van der Waals surface area contributed by atoms with E-state index in [-0.39, 0.29) is 4.69 Å². The van der Waals surface area contributed by atoms with Crippen LogP contribution in [0.15, 0.2) is 24.4 Å². The minimum Gasteiger partial charge on any atom is -0.286 e. The predicted octanol–water partition coefficient (Wildman–Crippen LogP) is 1.55. The molecule has 3 heteroatoms. The molecule has 0 aliphatic rings. The lowest BCUT2D eigenvalue weighted by Gasteiger charge is -1.91. The number of hydrogen-bond acceptors (Lipinski definition) is 2. The molecule has 0 radical (unpaired) electrons. The quantitative estimate of drug-likeness (QED) is 0.677. The van der Waals surface area contributed by atoms with Crippen LogP contribution in [0.1, 0.15) is 5.69 Å². The van der Waals surface area contributed by atoms with Crippen molar-refractivity contribution in [2.45, 2.75) is 6.42 Å². The molecule has 0 spiro atoms. The van der Waals surface area contributed by atoms with Gasteiger partial charge in [-0.2, -0.15) is 0 Å². The van der Waals surface area contributed by atoms with Crippen molar-refractivity contribution in [1.29, 1.82) is 0 Å². The molecule has 2 nitrogen and oxygen atoms in total. The summed E-state index contributed by atoms with van der Waals surface area (Å²) in [5, 5.41) is 0. The van der Waals surface area contributed by atoms with Crippen LogP contribution in [-0.4, -0.2) is 9.68 Å². The van der Waals surface area contributed by atoms with Crippen LogP contribution < -0.4 is 0 Å². The van der Waals surface area contributed by atoms with E-state index in [0.717, 1.165) is 5.69 Å². The van der Waals surface area contributed by atoms with E-state index < -0.39 is 0 Å². The summed E-state index contributed by atoms with van der Waals surface area (Å²) in [6, 6.07) is 5.50. The first kappa shape index (κ1) is 7.41. The Kier molecular flexibility index (Phi) is 2.57.